The van der Waals surface area contributed by atoms with E-state index < -0.39 is 11.6 Å². The first-order valence-corrected chi connectivity index (χ1v) is 7.83. The molecule has 0 N–H and O–H groups in total. The van der Waals surface area contributed by atoms with Gasteiger partial charge in [0.25, 0.3) is 0 Å². The highest BCUT2D eigenvalue weighted by Crippen LogP contribution is 2.34. The van der Waals surface area contributed by atoms with Crippen LogP contribution in [0.15, 0.2) is 48.7 Å². The molecule has 1 unspecified atom stereocenters. The van der Waals surface area contributed by atoms with Crippen LogP contribution < -0.4 is 0 Å². The standard InChI is InChI=1S/C19H13F3N2O/c20-13-1-3-16(4-2-13)24-18-7-12(8-19(25)17(18)10-23-24)11-5-14(21)9-15(22)6-11/h1-6,9-10,12H,7-8H2. The van der Waals surface area contributed by atoms with Crippen molar-refractivity contribution in [3.63, 3.8) is 0 Å². The summed E-state index contributed by atoms with van der Waals surface area (Å²) in [6.07, 6.45) is 2.08. The van der Waals surface area contributed by atoms with Gasteiger partial charge in [0.05, 0.1) is 23.1 Å². The number of Topliss-reactive ketones (excluding diaryl/α,β-unsaturated/α-hetero) is 1. The lowest BCUT2D eigenvalue weighted by Crippen LogP contribution is -2.20. The summed E-state index contributed by atoms with van der Waals surface area (Å²) in [5, 5.41) is 4.24. The van der Waals surface area contributed by atoms with Crippen molar-refractivity contribution in [1.29, 1.82) is 0 Å². The Labute approximate surface area is 141 Å². The van der Waals surface area contributed by atoms with Crippen LogP contribution in [-0.4, -0.2) is 15.6 Å². The van der Waals surface area contributed by atoms with Crippen molar-refractivity contribution in [3.05, 3.63) is 82.9 Å². The third-order valence-corrected chi connectivity index (χ3v) is 4.47. The number of hydrogen-bond donors (Lipinski definition) is 0. The first-order chi connectivity index (χ1) is 12.0. The second-order valence-corrected chi connectivity index (χ2v) is 6.12. The molecule has 25 heavy (non-hydrogen) atoms. The molecule has 1 heterocycles. The van der Waals surface area contributed by atoms with Crippen molar-refractivity contribution >= 4 is 5.78 Å². The molecule has 0 saturated carbocycles. The van der Waals surface area contributed by atoms with E-state index >= 15 is 0 Å². The highest BCUT2D eigenvalue weighted by atomic mass is 19.1. The molecule has 1 atom stereocenters. The summed E-state index contributed by atoms with van der Waals surface area (Å²) in [5.74, 6) is -2.15. The molecule has 3 aromatic rings. The van der Waals surface area contributed by atoms with Crippen LogP contribution in [0, 0.1) is 17.5 Å². The van der Waals surface area contributed by atoms with Gasteiger partial charge in [0.15, 0.2) is 5.78 Å². The molecular weight excluding hydrogens is 329 g/mol. The summed E-state index contributed by atoms with van der Waals surface area (Å²) in [5.41, 5.74) is 2.24. The molecule has 4 rings (SSSR count). The average Bonchev–Trinajstić information content (AvgIpc) is 2.99. The SMILES string of the molecule is O=C1CC(c2cc(F)cc(F)c2)Cc2c1cnn2-c1ccc(F)cc1. The minimum absolute atomic E-state index is 0.121. The van der Waals surface area contributed by atoms with Gasteiger partial charge in [-0.2, -0.15) is 5.10 Å². The van der Waals surface area contributed by atoms with Crippen molar-refractivity contribution in [2.75, 3.05) is 0 Å². The fourth-order valence-electron chi connectivity index (χ4n) is 3.29. The topological polar surface area (TPSA) is 34.9 Å². The van der Waals surface area contributed by atoms with Crippen LogP contribution in [0.1, 0.15) is 34.0 Å². The van der Waals surface area contributed by atoms with E-state index in [1.807, 2.05) is 0 Å². The Kier molecular flexibility index (Phi) is 3.67. The number of carbonyl (C=O) groups excluding carboxylic acids is 1. The number of rotatable bonds is 2. The first kappa shape index (κ1) is 15.6. The Morgan fingerprint density at radius 3 is 2.28 bits per heavy atom. The third-order valence-electron chi connectivity index (χ3n) is 4.47. The van der Waals surface area contributed by atoms with Gasteiger partial charge in [-0.3, -0.25) is 4.79 Å². The number of hydrogen-bond acceptors (Lipinski definition) is 2. The summed E-state index contributed by atoms with van der Waals surface area (Å²) >= 11 is 0. The zero-order chi connectivity index (χ0) is 17.6. The number of carbonyl (C=O) groups is 1. The summed E-state index contributed by atoms with van der Waals surface area (Å²) in [4.78, 5) is 12.4. The average molecular weight is 342 g/mol. The summed E-state index contributed by atoms with van der Waals surface area (Å²) < 4.78 is 41.8. The molecule has 1 aliphatic carbocycles. The van der Waals surface area contributed by atoms with Gasteiger partial charge in [-0.05, 0) is 54.3 Å². The monoisotopic (exact) mass is 342 g/mol. The van der Waals surface area contributed by atoms with Crippen molar-refractivity contribution in [3.8, 4) is 5.69 Å². The van der Waals surface area contributed by atoms with Gasteiger partial charge in [0.1, 0.15) is 17.5 Å². The molecule has 3 nitrogen and oxygen atoms in total. The second kappa shape index (κ2) is 5.88. The summed E-state index contributed by atoms with van der Waals surface area (Å²) in [6, 6.07) is 9.08. The van der Waals surface area contributed by atoms with E-state index in [1.165, 1.54) is 30.5 Å². The van der Waals surface area contributed by atoms with Crippen molar-refractivity contribution in [2.24, 2.45) is 0 Å². The molecule has 1 aromatic heterocycles. The normalized spacial score (nSPS) is 16.8. The van der Waals surface area contributed by atoms with Crippen LogP contribution >= 0.6 is 0 Å². The van der Waals surface area contributed by atoms with Crippen LogP contribution in [0.5, 0.6) is 0 Å². The number of ketones is 1. The number of aromatic nitrogens is 2. The minimum Gasteiger partial charge on any atom is -0.294 e. The number of nitrogens with zero attached hydrogens (tertiary/aromatic N) is 2. The lowest BCUT2D eigenvalue weighted by atomic mass is 9.82. The van der Waals surface area contributed by atoms with Gasteiger partial charge >= 0.3 is 0 Å². The lowest BCUT2D eigenvalue weighted by Gasteiger charge is -2.23. The lowest BCUT2D eigenvalue weighted by molar-refractivity contribution is 0.0963. The van der Waals surface area contributed by atoms with Crippen molar-refractivity contribution in [2.45, 2.75) is 18.8 Å². The van der Waals surface area contributed by atoms with E-state index in [9.17, 15) is 18.0 Å². The zero-order valence-electron chi connectivity index (χ0n) is 13.0. The van der Waals surface area contributed by atoms with Crippen molar-refractivity contribution in [1.82, 2.24) is 9.78 Å². The van der Waals surface area contributed by atoms with Crippen molar-refractivity contribution < 1.29 is 18.0 Å². The van der Waals surface area contributed by atoms with Crippen LogP contribution in [0.3, 0.4) is 0 Å². The molecule has 0 fully saturated rings. The summed E-state index contributed by atoms with van der Waals surface area (Å²) in [6.45, 7) is 0. The van der Waals surface area contributed by atoms with Crippen LogP contribution in [-0.2, 0) is 6.42 Å². The smallest absolute Gasteiger partial charge is 0.166 e. The fourth-order valence-corrected chi connectivity index (χ4v) is 3.29. The number of halogens is 3. The maximum absolute atomic E-state index is 13.5. The van der Waals surface area contributed by atoms with E-state index in [0.29, 0.717) is 28.9 Å². The molecule has 0 saturated heterocycles. The quantitative estimate of drug-likeness (QED) is 0.699. The maximum Gasteiger partial charge on any atom is 0.166 e. The maximum atomic E-state index is 13.5. The molecule has 0 aliphatic heterocycles. The van der Waals surface area contributed by atoms with Gasteiger partial charge in [-0.1, -0.05) is 0 Å². The molecule has 126 valence electrons. The Hall–Kier alpha value is -2.89. The largest absolute Gasteiger partial charge is 0.294 e. The zero-order valence-corrected chi connectivity index (χ0v) is 13.0. The first-order valence-electron chi connectivity index (χ1n) is 7.83. The van der Waals surface area contributed by atoms with Crippen LogP contribution in [0.2, 0.25) is 0 Å². The molecular formula is C19H13F3N2O. The van der Waals surface area contributed by atoms with E-state index in [1.54, 1.807) is 16.8 Å². The Morgan fingerprint density at radius 2 is 1.60 bits per heavy atom. The minimum atomic E-state index is -0.666. The van der Waals surface area contributed by atoms with E-state index in [0.717, 1.165) is 6.07 Å². The Balaban J connectivity index is 1.75. The molecule has 2 aromatic carbocycles. The predicted molar refractivity (Wildman–Crippen MR) is 85.3 cm³/mol. The van der Waals surface area contributed by atoms with E-state index in [4.69, 9.17) is 0 Å². The number of benzene rings is 2. The van der Waals surface area contributed by atoms with Gasteiger partial charge < -0.3 is 0 Å². The molecule has 1 aliphatic rings. The summed E-state index contributed by atoms with van der Waals surface area (Å²) in [7, 11) is 0. The Bertz CT molecular complexity index is 943. The van der Waals surface area contributed by atoms with E-state index in [2.05, 4.69) is 5.10 Å². The molecule has 0 spiro atoms. The third kappa shape index (κ3) is 2.84. The van der Waals surface area contributed by atoms with Gasteiger partial charge in [0, 0.05) is 12.5 Å². The predicted octanol–water partition coefficient (Wildman–Crippen LogP) is 4.20. The van der Waals surface area contributed by atoms with Crippen LogP contribution in [0.25, 0.3) is 5.69 Å². The van der Waals surface area contributed by atoms with Gasteiger partial charge in [0.2, 0.25) is 0 Å². The fraction of sp³-hybridized carbons (Fsp3) is 0.158. The highest BCUT2D eigenvalue weighted by Gasteiger charge is 2.30. The van der Waals surface area contributed by atoms with Gasteiger partial charge in [-0.15, -0.1) is 0 Å². The van der Waals surface area contributed by atoms with E-state index in [-0.39, 0.29) is 23.9 Å². The molecule has 0 bridgehead atoms. The molecule has 6 heteroatoms. The molecule has 0 amide bonds. The van der Waals surface area contributed by atoms with Crippen LogP contribution in [0.4, 0.5) is 13.2 Å². The van der Waals surface area contributed by atoms with Gasteiger partial charge in [-0.25, -0.2) is 17.9 Å². The second-order valence-electron chi connectivity index (χ2n) is 6.12. The highest BCUT2D eigenvalue weighted by molar-refractivity contribution is 5.98. The Morgan fingerprint density at radius 1 is 0.920 bits per heavy atom. The molecule has 0 radical (unpaired) electrons. The number of fused-ring (bicyclic) bond motifs is 1.